The van der Waals surface area contributed by atoms with Gasteiger partial charge in [-0.15, -0.1) is 0 Å². The van der Waals surface area contributed by atoms with E-state index in [1.54, 1.807) is 0 Å². The van der Waals surface area contributed by atoms with Crippen molar-refractivity contribution in [2.24, 2.45) is 0 Å². The molecule has 0 N–H and O–H groups in total. The maximum Gasteiger partial charge on any atom is 0.226 e. The Balaban J connectivity index is 1.95. The van der Waals surface area contributed by atoms with Gasteiger partial charge in [0.1, 0.15) is 0 Å². The number of nitrogens with zero attached hydrogens (tertiary/aromatic N) is 1. The van der Waals surface area contributed by atoms with Crippen molar-refractivity contribution in [1.29, 1.82) is 0 Å². The summed E-state index contributed by atoms with van der Waals surface area (Å²) >= 11 is 12.4. The number of aromatic nitrogens is 1. The molecule has 0 radical (unpaired) electrons. The Labute approximate surface area is 185 Å². The third-order valence-electron chi connectivity index (χ3n) is 5.26. The average Bonchev–Trinajstić information content (AvgIpc) is 2.80. The summed E-state index contributed by atoms with van der Waals surface area (Å²) in [6.07, 6.45) is 2.20. The molecule has 3 heteroatoms. The van der Waals surface area contributed by atoms with Crippen LogP contribution in [0.25, 0.3) is 38.8 Å². The fourth-order valence-electron chi connectivity index (χ4n) is 3.88. The van der Waals surface area contributed by atoms with E-state index in [1.165, 1.54) is 10.8 Å². The van der Waals surface area contributed by atoms with Gasteiger partial charge in [-0.2, -0.15) is 4.57 Å². The zero-order valence-electron chi connectivity index (χ0n) is 16.1. The molecule has 0 unspecified atom stereocenters. The average molecular weight is 427 g/mol. The zero-order valence-corrected chi connectivity index (χ0v) is 17.6. The standard InChI is InChI=1S/C27H18Cl2N/c28-22-14-10-19(11-15-22)26-25-9-5-4-6-21(25)18-30(24-7-2-1-3-8-24)27(26)20-12-16-23(29)17-13-20/h1-18H/q+1. The molecule has 5 aromatic rings. The van der Waals surface area contributed by atoms with Crippen LogP contribution in [0.4, 0.5) is 0 Å². The van der Waals surface area contributed by atoms with E-state index in [9.17, 15) is 0 Å². The Kier molecular flexibility index (Phi) is 5.00. The van der Waals surface area contributed by atoms with E-state index < -0.39 is 0 Å². The highest BCUT2D eigenvalue weighted by Gasteiger charge is 2.25. The Bertz CT molecular complexity index is 1330. The summed E-state index contributed by atoms with van der Waals surface area (Å²) in [5, 5.41) is 3.81. The van der Waals surface area contributed by atoms with E-state index >= 15 is 0 Å². The third kappa shape index (κ3) is 3.47. The largest absolute Gasteiger partial charge is 0.226 e. The van der Waals surface area contributed by atoms with E-state index in [-0.39, 0.29) is 0 Å². The van der Waals surface area contributed by atoms with Gasteiger partial charge in [-0.3, -0.25) is 0 Å². The first-order chi connectivity index (χ1) is 14.7. The first-order valence-electron chi connectivity index (χ1n) is 9.75. The second kappa shape index (κ2) is 7.95. The molecule has 1 heterocycles. The van der Waals surface area contributed by atoms with Gasteiger partial charge < -0.3 is 0 Å². The van der Waals surface area contributed by atoms with Crippen molar-refractivity contribution in [3.05, 3.63) is 119 Å². The SMILES string of the molecule is Clc1ccc(-c2c(-c3ccc(Cl)cc3)[n+](-c3ccccc3)cc3ccccc23)cc1. The Hall–Kier alpha value is -3.13. The van der Waals surface area contributed by atoms with Gasteiger partial charge in [0.05, 0.1) is 5.56 Å². The smallest absolute Gasteiger partial charge is 0.159 e. The molecular weight excluding hydrogens is 409 g/mol. The molecule has 0 bridgehead atoms. The number of benzene rings is 4. The van der Waals surface area contributed by atoms with Gasteiger partial charge in [-0.05, 0) is 48.0 Å². The molecular formula is C27H18Cl2N+. The molecule has 0 saturated carbocycles. The Morgan fingerprint density at radius 2 is 1.10 bits per heavy atom. The molecule has 1 nitrogen and oxygen atoms in total. The van der Waals surface area contributed by atoms with Gasteiger partial charge >= 0.3 is 0 Å². The normalized spacial score (nSPS) is 11.0. The molecule has 144 valence electrons. The summed E-state index contributed by atoms with van der Waals surface area (Å²) in [4.78, 5) is 0. The van der Waals surface area contributed by atoms with Crippen molar-refractivity contribution in [2.75, 3.05) is 0 Å². The van der Waals surface area contributed by atoms with Crippen molar-refractivity contribution in [2.45, 2.75) is 0 Å². The molecule has 0 fully saturated rings. The summed E-state index contributed by atoms with van der Waals surface area (Å²) in [6, 6.07) is 35.0. The van der Waals surface area contributed by atoms with Gasteiger partial charge in [0.15, 0.2) is 6.20 Å². The lowest BCUT2D eigenvalue weighted by molar-refractivity contribution is -0.581. The van der Waals surface area contributed by atoms with E-state index in [0.29, 0.717) is 0 Å². The van der Waals surface area contributed by atoms with Crippen molar-refractivity contribution < 1.29 is 4.57 Å². The van der Waals surface area contributed by atoms with E-state index in [1.807, 2.05) is 30.3 Å². The van der Waals surface area contributed by atoms with Crippen LogP contribution in [0.3, 0.4) is 0 Å². The fraction of sp³-hybridized carbons (Fsp3) is 0. The van der Waals surface area contributed by atoms with Crippen molar-refractivity contribution in [1.82, 2.24) is 0 Å². The van der Waals surface area contributed by atoms with Gasteiger partial charge in [-0.25, -0.2) is 0 Å². The number of halogens is 2. The van der Waals surface area contributed by atoms with Crippen molar-refractivity contribution >= 4 is 34.0 Å². The predicted octanol–water partition coefficient (Wildman–Crippen LogP) is 7.76. The summed E-state index contributed by atoms with van der Waals surface area (Å²) < 4.78 is 2.26. The van der Waals surface area contributed by atoms with Gasteiger partial charge in [0.25, 0.3) is 0 Å². The maximum atomic E-state index is 6.20. The van der Waals surface area contributed by atoms with Crippen LogP contribution in [0.2, 0.25) is 10.0 Å². The van der Waals surface area contributed by atoms with E-state index in [2.05, 4.69) is 83.6 Å². The summed E-state index contributed by atoms with van der Waals surface area (Å²) in [6.45, 7) is 0. The number of para-hydroxylation sites is 1. The van der Waals surface area contributed by atoms with Crippen LogP contribution >= 0.6 is 23.2 Å². The second-order valence-corrected chi connectivity index (χ2v) is 8.03. The fourth-order valence-corrected chi connectivity index (χ4v) is 4.13. The number of pyridine rings is 1. The lowest BCUT2D eigenvalue weighted by atomic mass is 9.93. The summed E-state index contributed by atoms with van der Waals surface area (Å²) in [7, 11) is 0. The maximum absolute atomic E-state index is 6.20. The highest BCUT2D eigenvalue weighted by Crippen LogP contribution is 2.37. The first kappa shape index (κ1) is 18.9. The van der Waals surface area contributed by atoms with Crippen LogP contribution < -0.4 is 4.57 Å². The monoisotopic (exact) mass is 426 g/mol. The number of hydrogen-bond acceptors (Lipinski definition) is 0. The molecule has 0 amide bonds. The lowest BCUT2D eigenvalue weighted by Crippen LogP contribution is -2.34. The minimum atomic E-state index is 0.721. The van der Waals surface area contributed by atoms with Crippen LogP contribution in [0.5, 0.6) is 0 Å². The second-order valence-electron chi connectivity index (χ2n) is 7.16. The number of fused-ring (bicyclic) bond motifs is 1. The molecule has 0 aliphatic heterocycles. The number of hydrogen-bond donors (Lipinski definition) is 0. The minimum absolute atomic E-state index is 0.721. The van der Waals surface area contributed by atoms with Crippen LogP contribution in [0, 0.1) is 0 Å². The van der Waals surface area contributed by atoms with Gasteiger partial charge in [0.2, 0.25) is 11.4 Å². The minimum Gasteiger partial charge on any atom is -0.159 e. The quantitative estimate of drug-likeness (QED) is 0.259. The van der Waals surface area contributed by atoms with Crippen molar-refractivity contribution in [3.63, 3.8) is 0 Å². The molecule has 5 rings (SSSR count). The Morgan fingerprint density at radius 3 is 1.77 bits per heavy atom. The number of rotatable bonds is 3. The van der Waals surface area contributed by atoms with E-state index in [0.717, 1.165) is 38.1 Å². The molecule has 0 saturated heterocycles. The molecule has 0 spiro atoms. The van der Waals surface area contributed by atoms with Crippen LogP contribution in [-0.4, -0.2) is 0 Å². The van der Waals surface area contributed by atoms with E-state index in [4.69, 9.17) is 23.2 Å². The molecule has 0 aliphatic carbocycles. The van der Waals surface area contributed by atoms with Crippen molar-refractivity contribution in [3.8, 4) is 28.1 Å². The summed E-state index contributed by atoms with van der Waals surface area (Å²) in [5.41, 5.74) is 5.59. The molecule has 4 aromatic carbocycles. The lowest BCUT2D eigenvalue weighted by Gasteiger charge is -2.14. The van der Waals surface area contributed by atoms with Gasteiger partial charge in [0, 0.05) is 38.5 Å². The highest BCUT2D eigenvalue weighted by atomic mass is 35.5. The topological polar surface area (TPSA) is 3.88 Å². The zero-order chi connectivity index (χ0) is 20.5. The molecule has 0 atom stereocenters. The van der Waals surface area contributed by atoms with Gasteiger partial charge in [-0.1, -0.05) is 71.7 Å². The van der Waals surface area contributed by atoms with Crippen LogP contribution in [0.15, 0.2) is 109 Å². The highest BCUT2D eigenvalue weighted by molar-refractivity contribution is 6.31. The first-order valence-corrected chi connectivity index (χ1v) is 10.5. The molecule has 30 heavy (non-hydrogen) atoms. The molecule has 1 aromatic heterocycles. The van der Waals surface area contributed by atoms with Crippen LogP contribution in [0.1, 0.15) is 0 Å². The molecule has 0 aliphatic rings. The summed E-state index contributed by atoms with van der Waals surface area (Å²) in [5.74, 6) is 0. The Morgan fingerprint density at radius 1 is 0.533 bits per heavy atom. The van der Waals surface area contributed by atoms with Crippen LogP contribution in [-0.2, 0) is 0 Å². The third-order valence-corrected chi connectivity index (χ3v) is 5.76. The predicted molar refractivity (Wildman–Crippen MR) is 126 cm³/mol.